The Hall–Kier alpha value is -2.32. The highest BCUT2D eigenvalue weighted by Crippen LogP contribution is 2.28. The average Bonchev–Trinajstić information content (AvgIpc) is 2.57. The number of morpholine rings is 1. The van der Waals surface area contributed by atoms with Crippen molar-refractivity contribution in [1.29, 1.82) is 0 Å². The molecular formula is C16H20N4O3S. The fourth-order valence-corrected chi connectivity index (χ4v) is 3.09. The Morgan fingerprint density at radius 3 is 2.54 bits per heavy atom. The largest absolute Gasteiger partial charge is 0.378 e. The van der Waals surface area contributed by atoms with E-state index in [0.29, 0.717) is 11.5 Å². The van der Waals surface area contributed by atoms with Crippen LogP contribution < -0.4 is 14.9 Å². The predicted octanol–water partition coefficient (Wildman–Crippen LogP) is 2.03. The maximum absolute atomic E-state index is 11.2. The van der Waals surface area contributed by atoms with Gasteiger partial charge in [-0.05, 0) is 24.3 Å². The van der Waals surface area contributed by atoms with Gasteiger partial charge in [-0.1, -0.05) is 12.1 Å². The lowest BCUT2D eigenvalue weighted by Crippen LogP contribution is -2.36. The number of pyridine rings is 1. The molecule has 0 atom stereocenters. The van der Waals surface area contributed by atoms with Crippen LogP contribution in [0.1, 0.15) is 0 Å². The Bertz CT molecular complexity index is 787. The topological polar surface area (TPSA) is 83.6 Å². The summed E-state index contributed by atoms with van der Waals surface area (Å²) in [5.74, 6) is 0.648. The number of para-hydroxylation sites is 2. The van der Waals surface area contributed by atoms with Crippen LogP contribution >= 0.6 is 0 Å². The van der Waals surface area contributed by atoms with Crippen molar-refractivity contribution >= 4 is 32.9 Å². The zero-order valence-electron chi connectivity index (χ0n) is 13.4. The monoisotopic (exact) mass is 348 g/mol. The van der Waals surface area contributed by atoms with Crippen LogP contribution in [0, 0.1) is 0 Å². The van der Waals surface area contributed by atoms with E-state index >= 15 is 0 Å². The van der Waals surface area contributed by atoms with Crippen LogP contribution in [0.3, 0.4) is 0 Å². The minimum atomic E-state index is -3.30. The van der Waals surface area contributed by atoms with Gasteiger partial charge in [0, 0.05) is 13.1 Å². The number of sulfonamides is 1. The van der Waals surface area contributed by atoms with E-state index < -0.39 is 10.0 Å². The Morgan fingerprint density at radius 1 is 1.12 bits per heavy atom. The van der Waals surface area contributed by atoms with Crippen LogP contribution in [-0.4, -0.2) is 46.0 Å². The molecule has 1 aliphatic rings. The molecule has 0 saturated carbocycles. The molecule has 0 bridgehead atoms. The first-order valence-electron chi connectivity index (χ1n) is 7.64. The minimum absolute atomic E-state index is 0.435. The number of anilines is 4. The molecule has 1 saturated heterocycles. The molecule has 128 valence electrons. The third kappa shape index (κ3) is 4.36. The second kappa shape index (κ2) is 7.06. The van der Waals surface area contributed by atoms with E-state index in [1.165, 1.54) is 6.20 Å². The summed E-state index contributed by atoms with van der Waals surface area (Å²) in [5.41, 5.74) is 2.49. The van der Waals surface area contributed by atoms with Crippen molar-refractivity contribution in [2.45, 2.75) is 0 Å². The van der Waals surface area contributed by atoms with Gasteiger partial charge in [0.1, 0.15) is 5.82 Å². The molecule has 1 aliphatic heterocycles. The van der Waals surface area contributed by atoms with Crippen molar-refractivity contribution in [2.24, 2.45) is 0 Å². The van der Waals surface area contributed by atoms with E-state index in [9.17, 15) is 8.42 Å². The van der Waals surface area contributed by atoms with Crippen molar-refractivity contribution in [1.82, 2.24) is 4.98 Å². The SMILES string of the molecule is CS(=O)(=O)Nc1ccc(Nc2ccccc2N2CCOCC2)nc1. The maximum atomic E-state index is 11.2. The Kier molecular flexibility index (Phi) is 4.86. The summed E-state index contributed by atoms with van der Waals surface area (Å²) in [6, 6.07) is 11.4. The number of hydrogen-bond donors (Lipinski definition) is 2. The number of nitrogens with zero attached hydrogens (tertiary/aromatic N) is 2. The van der Waals surface area contributed by atoms with Gasteiger partial charge in [0.05, 0.1) is 42.7 Å². The number of aromatic nitrogens is 1. The lowest BCUT2D eigenvalue weighted by atomic mass is 10.2. The van der Waals surface area contributed by atoms with Gasteiger partial charge >= 0.3 is 0 Å². The van der Waals surface area contributed by atoms with Crippen molar-refractivity contribution in [2.75, 3.05) is 47.5 Å². The zero-order valence-corrected chi connectivity index (χ0v) is 14.2. The molecule has 2 N–H and O–H groups in total. The lowest BCUT2D eigenvalue weighted by molar-refractivity contribution is 0.123. The molecule has 0 radical (unpaired) electrons. The molecule has 8 heteroatoms. The van der Waals surface area contributed by atoms with E-state index in [2.05, 4.69) is 26.0 Å². The van der Waals surface area contributed by atoms with E-state index in [0.717, 1.165) is 43.9 Å². The maximum Gasteiger partial charge on any atom is 0.229 e. The van der Waals surface area contributed by atoms with Gasteiger partial charge in [-0.25, -0.2) is 13.4 Å². The molecule has 0 spiro atoms. The summed E-state index contributed by atoms with van der Waals surface area (Å²) >= 11 is 0. The summed E-state index contributed by atoms with van der Waals surface area (Å²) in [6.07, 6.45) is 2.60. The Labute approximate surface area is 141 Å². The number of rotatable bonds is 5. The number of nitrogens with one attached hydrogen (secondary N) is 2. The van der Waals surface area contributed by atoms with Crippen molar-refractivity contribution < 1.29 is 13.2 Å². The quantitative estimate of drug-likeness (QED) is 0.860. The standard InChI is InChI=1S/C16H20N4O3S/c1-24(21,22)19-13-6-7-16(17-12-13)18-14-4-2-3-5-15(14)20-8-10-23-11-9-20/h2-7,12,19H,8-11H2,1H3,(H,17,18). The van der Waals surface area contributed by atoms with Crippen LogP contribution in [0.5, 0.6) is 0 Å². The van der Waals surface area contributed by atoms with Crippen molar-refractivity contribution in [3.8, 4) is 0 Å². The van der Waals surface area contributed by atoms with Gasteiger partial charge in [-0.2, -0.15) is 0 Å². The first kappa shape index (κ1) is 16.5. The second-order valence-electron chi connectivity index (χ2n) is 5.55. The van der Waals surface area contributed by atoms with E-state index in [-0.39, 0.29) is 0 Å². The Morgan fingerprint density at radius 2 is 1.88 bits per heavy atom. The molecule has 0 aliphatic carbocycles. The first-order chi connectivity index (χ1) is 11.5. The summed E-state index contributed by atoms with van der Waals surface area (Å²) in [5, 5.41) is 3.29. The minimum Gasteiger partial charge on any atom is -0.378 e. The van der Waals surface area contributed by atoms with Crippen LogP contribution in [-0.2, 0) is 14.8 Å². The summed E-state index contributed by atoms with van der Waals surface area (Å²) in [4.78, 5) is 6.53. The Balaban J connectivity index is 1.76. The number of benzene rings is 1. The predicted molar refractivity (Wildman–Crippen MR) is 95.5 cm³/mol. The van der Waals surface area contributed by atoms with Crippen molar-refractivity contribution in [3.05, 3.63) is 42.6 Å². The second-order valence-corrected chi connectivity index (χ2v) is 7.30. The van der Waals surface area contributed by atoms with Gasteiger partial charge in [-0.3, -0.25) is 4.72 Å². The van der Waals surface area contributed by atoms with Gasteiger partial charge in [0.25, 0.3) is 0 Å². The molecule has 7 nitrogen and oxygen atoms in total. The van der Waals surface area contributed by atoms with E-state index in [4.69, 9.17) is 4.74 Å². The molecule has 1 fully saturated rings. The number of hydrogen-bond acceptors (Lipinski definition) is 6. The third-order valence-electron chi connectivity index (χ3n) is 3.59. The first-order valence-corrected chi connectivity index (χ1v) is 9.53. The van der Waals surface area contributed by atoms with Gasteiger partial charge < -0.3 is 15.0 Å². The number of ether oxygens (including phenoxy) is 1. The molecule has 1 aromatic heterocycles. The molecule has 1 aromatic carbocycles. The van der Waals surface area contributed by atoms with Gasteiger partial charge in [-0.15, -0.1) is 0 Å². The highest BCUT2D eigenvalue weighted by molar-refractivity contribution is 7.92. The fraction of sp³-hybridized carbons (Fsp3) is 0.312. The van der Waals surface area contributed by atoms with E-state index in [1.54, 1.807) is 12.1 Å². The summed E-state index contributed by atoms with van der Waals surface area (Å²) in [7, 11) is -3.30. The van der Waals surface area contributed by atoms with Crippen LogP contribution in [0.25, 0.3) is 0 Å². The highest BCUT2D eigenvalue weighted by atomic mass is 32.2. The normalized spacial score (nSPS) is 15.1. The molecule has 24 heavy (non-hydrogen) atoms. The van der Waals surface area contributed by atoms with E-state index in [1.807, 2.05) is 18.2 Å². The third-order valence-corrected chi connectivity index (χ3v) is 4.19. The summed E-state index contributed by atoms with van der Waals surface area (Å²) < 4.78 is 30.2. The van der Waals surface area contributed by atoms with Gasteiger partial charge in [0.15, 0.2) is 0 Å². The van der Waals surface area contributed by atoms with Crippen molar-refractivity contribution in [3.63, 3.8) is 0 Å². The molecule has 2 aromatic rings. The van der Waals surface area contributed by atoms with Crippen LogP contribution in [0.2, 0.25) is 0 Å². The fourth-order valence-electron chi connectivity index (χ4n) is 2.54. The molecule has 3 rings (SSSR count). The average molecular weight is 348 g/mol. The van der Waals surface area contributed by atoms with Crippen LogP contribution in [0.4, 0.5) is 22.9 Å². The zero-order chi connectivity index (χ0) is 17.0. The van der Waals surface area contributed by atoms with Gasteiger partial charge in [0.2, 0.25) is 10.0 Å². The molecular weight excluding hydrogens is 328 g/mol. The van der Waals surface area contributed by atoms with Crippen LogP contribution in [0.15, 0.2) is 42.6 Å². The molecule has 0 unspecified atom stereocenters. The highest BCUT2D eigenvalue weighted by Gasteiger charge is 2.14. The molecule has 2 heterocycles. The molecule has 0 amide bonds. The lowest BCUT2D eigenvalue weighted by Gasteiger charge is -2.30. The smallest absolute Gasteiger partial charge is 0.229 e. The summed E-state index contributed by atoms with van der Waals surface area (Å²) in [6.45, 7) is 3.14.